The molecule has 6 heteroatoms. The van der Waals surface area contributed by atoms with Crippen LogP contribution >= 0.6 is 0 Å². The smallest absolute Gasteiger partial charge is 0.220 e. The normalized spacial score (nSPS) is 30.1. The van der Waals surface area contributed by atoms with Crippen molar-refractivity contribution in [1.82, 2.24) is 10.2 Å². The van der Waals surface area contributed by atoms with E-state index in [9.17, 15) is 4.79 Å². The highest BCUT2D eigenvalue weighted by molar-refractivity contribution is 5.77. The van der Waals surface area contributed by atoms with Crippen molar-refractivity contribution in [3.8, 4) is 0 Å². The van der Waals surface area contributed by atoms with Gasteiger partial charge in [0, 0.05) is 43.6 Å². The van der Waals surface area contributed by atoms with Gasteiger partial charge in [0.2, 0.25) is 5.91 Å². The predicted molar refractivity (Wildman–Crippen MR) is 59.7 cm³/mol. The molecule has 0 aromatic rings. The monoisotopic (exact) mass is 223 g/mol. The van der Waals surface area contributed by atoms with Crippen molar-refractivity contribution in [1.29, 1.82) is 0 Å². The van der Waals surface area contributed by atoms with Gasteiger partial charge in [0.15, 0.2) is 0 Å². The first kappa shape index (κ1) is 11.2. The Kier molecular flexibility index (Phi) is 3.64. The standard InChI is InChI=1S/C10H17N5O/c11-14-12-4-6-15-5-3-9-8(7-15)1-2-10(16)13-9/h8-9H,1-7H2,(H,13,16). The lowest BCUT2D eigenvalue weighted by Gasteiger charge is -2.41. The Labute approximate surface area is 94.6 Å². The Morgan fingerprint density at radius 3 is 3.25 bits per heavy atom. The largest absolute Gasteiger partial charge is 0.353 e. The summed E-state index contributed by atoms with van der Waals surface area (Å²) >= 11 is 0. The third-order valence-electron chi connectivity index (χ3n) is 3.49. The van der Waals surface area contributed by atoms with E-state index >= 15 is 0 Å². The van der Waals surface area contributed by atoms with Crippen LogP contribution in [0.5, 0.6) is 0 Å². The molecule has 0 saturated carbocycles. The molecule has 0 radical (unpaired) electrons. The average Bonchev–Trinajstić information content (AvgIpc) is 2.29. The summed E-state index contributed by atoms with van der Waals surface area (Å²) in [5.41, 5.74) is 8.20. The van der Waals surface area contributed by atoms with E-state index in [4.69, 9.17) is 5.53 Å². The SMILES string of the molecule is [N-]=[N+]=NCCN1CCC2NC(=O)CCC2C1. The lowest BCUT2D eigenvalue weighted by molar-refractivity contribution is -0.125. The average molecular weight is 223 g/mol. The van der Waals surface area contributed by atoms with Crippen LogP contribution in [0, 0.1) is 5.92 Å². The van der Waals surface area contributed by atoms with Crippen molar-refractivity contribution < 1.29 is 4.79 Å². The van der Waals surface area contributed by atoms with Crippen LogP contribution in [0.1, 0.15) is 19.3 Å². The Balaban J connectivity index is 1.81. The highest BCUT2D eigenvalue weighted by atomic mass is 16.1. The van der Waals surface area contributed by atoms with Gasteiger partial charge in [-0.05, 0) is 24.3 Å². The number of amides is 1. The van der Waals surface area contributed by atoms with E-state index in [0.29, 0.717) is 24.9 Å². The van der Waals surface area contributed by atoms with E-state index in [1.54, 1.807) is 0 Å². The fourth-order valence-electron chi connectivity index (χ4n) is 2.62. The summed E-state index contributed by atoms with van der Waals surface area (Å²) in [6.45, 7) is 3.38. The minimum Gasteiger partial charge on any atom is -0.353 e. The predicted octanol–water partition coefficient (Wildman–Crippen LogP) is 0.897. The number of hydrogen-bond donors (Lipinski definition) is 1. The van der Waals surface area contributed by atoms with Crippen molar-refractivity contribution in [2.24, 2.45) is 11.0 Å². The van der Waals surface area contributed by atoms with Gasteiger partial charge in [-0.3, -0.25) is 4.79 Å². The molecule has 0 aromatic carbocycles. The molecule has 1 amide bonds. The van der Waals surface area contributed by atoms with Crippen LogP contribution in [0.4, 0.5) is 0 Å². The van der Waals surface area contributed by atoms with Crippen molar-refractivity contribution >= 4 is 5.91 Å². The van der Waals surface area contributed by atoms with E-state index in [0.717, 1.165) is 32.5 Å². The number of carbonyl (C=O) groups is 1. The maximum absolute atomic E-state index is 11.2. The van der Waals surface area contributed by atoms with Crippen LogP contribution in [0.25, 0.3) is 10.4 Å². The molecule has 0 aliphatic carbocycles. The molecular formula is C10H17N5O. The molecule has 2 saturated heterocycles. The summed E-state index contributed by atoms with van der Waals surface area (Å²) in [4.78, 5) is 16.3. The molecule has 0 bridgehead atoms. The van der Waals surface area contributed by atoms with Gasteiger partial charge in [0.1, 0.15) is 0 Å². The molecule has 2 fully saturated rings. The first-order valence-electron chi connectivity index (χ1n) is 5.82. The Bertz CT molecular complexity index is 312. The number of piperidine rings is 2. The topological polar surface area (TPSA) is 81.1 Å². The van der Waals surface area contributed by atoms with Crippen LogP contribution in [0.3, 0.4) is 0 Å². The number of fused-ring (bicyclic) bond motifs is 1. The highest BCUT2D eigenvalue weighted by Crippen LogP contribution is 2.24. The molecule has 0 spiro atoms. The highest BCUT2D eigenvalue weighted by Gasteiger charge is 2.33. The minimum atomic E-state index is 0.198. The van der Waals surface area contributed by atoms with Gasteiger partial charge in [-0.15, -0.1) is 0 Å². The van der Waals surface area contributed by atoms with E-state index in [-0.39, 0.29) is 5.91 Å². The molecular weight excluding hydrogens is 206 g/mol. The summed E-state index contributed by atoms with van der Waals surface area (Å²) in [7, 11) is 0. The summed E-state index contributed by atoms with van der Waals surface area (Å²) in [5, 5.41) is 6.61. The van der Waals surface area contributed by atoms with Gasteiger partial charge in [-0.25, -0.2) is 0 Å². The van der Waals surface area contributed by atoms with Gasteiger partial charge in [-0.1, -0.05) is 5.11 Å². The Hall–Kier alpha value is -1.26. The molecule has 0 aromatic heterocycles. The Morgan fingerprint density at radius 1 is 1.56 bits per heavy atom. The summed E-state index contributed by atoms with van der Waals surface area (Å²) in [6.07, 6.45) is 2.67. The number of rotatable bonds is 3. The molecule has 1 N–H and O–H groups in total. The number of nitrogens with zero attached hydrogens (tertiary/aromatic N) is 4. The molecule has 2 heterocycles. The zero-order valence-corrected chi connectivity index (χ0v) is 9.30. The lowest BCUT2D eigenvalue weighted by atomic mass is 9.85. The third-order valence-corrected chi connectivity index (χ3v) is 3.49. The molecule has 2 aliphatic rings. The zero-order valence-electron chi connectivity index (χ0n) is 9.30. The van der Waals surface area contributed by atoms with E-state index in [1.165, 1.54) is 0 Å². The van der Waals surface area contributed by atoms with E-state index in [1.807, 2.05) is 0 Å². The van der Waals surface area contributed by atoms with Gasteiger partial charge in [0.05, 0.1) is 0 Å². The van der Waals surface area contributed by atoms with Gasteiger partial charge < -0.3 is 10.2 Å². The van der Waals surface area contributed by atoms with Crippen molar-refractivity contribution in [2.45, 2.75) is 25.3 Å². The maximum atomic E-state index is 11.2. The van der Waals surface area contributed by atoms with Crippen molar-refractivity contribution in [3.63, 3.8) is 0 Å². The second-order valence-corrected chi connectivity index (χ2v) is 4.52. The fourth-order valence-corrected chi connectivity index (χ4v) is 2.62. The summed E-state index contributed by atoms with van der Waals surface area (Å²) in [6, 6.07) is 0.372. The molecule has 2 rings (SSSR count). The number of azide groups is 1. The van der Waals surface area contributed by atoms with E-state index < -0.39 is 0 Å². The van der Waals surface area contributed by atoms with Crippen LogP contribution in [-0.4, -0.2) is 43.0 Å². The third kappa shape index (κ3) is 2.65. The first-order chi connectivity index (χ1) is 7.79. The fraction of sp³-hybridized carbons (Fsp3) is 0.900. The van der Waals surface area contributed by atoms with Crippen LogP contribution in [-0.2, 0) is 4.79 Å². The summed E-state index contributed by atoms with van der Waals surface area (Å²) in [5.74, 6) is 0.779. The van der Waals surface area contributed by atoms with Gasteiger partial charge in [0.25, 0.3) is 0 Å². The number of hydrogen-bond acceptors (Lipinski definition) is 3. The number of carbonyl (C=O) groups excluding carboxylic acids is 1. The number of nitrogens with one attached hydrogen (secondary N) is 1. The Morgan fingerprint density at radius 2 is 2.44 bits per heavy atom. The molecule has 2 aliphatic heterocycles. The quantitative estimate of drug-likeness (QED) is 0.438. The van der Waals surface area contributed by atoms with Crippen LogP contribution in [0.2, 0.25) is 0 Å². The van der Waals surface area contributed by atoms with Crippen molar-refractivity contribution in [3.05, 3.63) is 10.4 Å². The molecule has 16 heavy (non-hydrogen) atoms. The maximum Gasteiger partial charge on any atom is 0.220 e. The lowest BCUT2D eigenvalue weighted by Crippen LogP contribution is -2.54. The second-order valence-electron chi connectivity index (χ2n) is 4.52. The van der Waals surface area contributed by atoms with Gasteiger partial charge >= 0.3 is 0 Å². The molecule has 6 nitrogen and oxygen atoms in total. The second kappa shape index (κ2) is 5.18. The van der Waals surface area contributed by atoms with Crippen LogP contribution in [0.15, 0.2) is 5.11 Å². The molecule has 88 valence electrons. The van der Waals surface area contributed by atoms with Crippen LogP contribution < -0.4 is 5.32 Å². The zero-order chi connectivity index (χ0) is 11.4. The molecule has 2 unspecified atom stereocenters. The minimum absolute atomic E-state index is 0.198. The van der Waals surface area contributed by atoms with Crippen molar-refractivity contribution in [2.75, 3.05) is 26.2 Å². The van der Waals surface area contributed by atoms with E-state index in [2.05, 4.69) is 20.2 Å². The summed E-state index contributed by atoms with van der Waals surface area (Å²) < 4.78 is 0. The number of likely N-dealkylation sites (tertiary alicyclic amines) is 1. The van der Waals surface area contributed by atoms with Gasteiger partial charge in [-0.2, -0.15) is 0 Å². The first-order valence-corrected chi connectivity index (χ1v) is 5.82. The molecule has 2 atom stereocenters.